The Kier molecular flexibility index (Phi) is 110. The summed E-state index contributed by atoms with van der Waals surface area (Å²) < 4.78 is 4.43. The van der Waals surface area contributed by atoms with E-state index in [1.807, 2.05) is 0 Å². The Morgan fingerprint density at radius 3 is 0.216 bits per heavy atom. The van der Waals surface area contributed by atoms with Crippen LogP contribution in [0.15, 0.2) is 0 Å². The van der Waals surface area contributed by atoms with E-state index in [2.05, 4.69) is 83.1 Å². The summed E-state index contributed by atoms with van der Waals surface area (Å²) in [6.45, 7) is 45.8. The topological polar surface area (TPSA) is 0 Å². The maximum atomic E-state index is 2.34. The Bertz CT molecular complexity index is 1020. The van der Waals surface area contributed by atoms with E-state index in [1.54, 1.807) is 0 Å². The summed E-state index contributed by atoms with van der Waals surface area (Å²) in [5.74, 6) is 0. The number of rotatable bonds is 84. The smallest absolute Gasteiger partial charge is 0.0786 e. The van der Waals surface area contributed by atoms with Crippen LogP contribution in [0, 0.1) is 0 Å². The zero-order valence-corrected chi connectivity index (χ0v) is 78.6. The third kappa shape index (κ3) is 85.3. The van der Waals surface area contributed by atoms with E-state index < -0.39 is 0 Å². The average molecular weight is 1640 g/mol. The van der Waals surface area contributed by atoms with Gasteiger partial charge in [0.25, 0.3) is 0 Å². The van der Waals surface area contributed by atoms with Crippen molar-refractivity contribution in [1.29, 1.82) is 0 Å². The van der Waals surface area contributed by atoms with E-state index in [0.29, 0.717) is 0 Å². The van der Waals surface area contributed by atoms with Crippen molar-refractivity contribution in [3.8, 4) is 0 Å². The molecule has 0 unspecified atom stereocenters. The summed E-state index contributed by atoms with van der Waals surface area (Å²) in [6.07, 6.45) is 104. The molecule has 3 nitrogen and oxygen atoms in total. The van der Waals surface area contributed by atoms with Crippen molar-refractivity contribution < 1.29 is 64.4 Å². The molecule has 0 aliphatic rings. The van der Waals surface area contributed by atoms with Crippen molar-refractivity contribution in [1.82, 2.24) is 0 Å². The fourth-order valence-corrected chi connectivity index (χ4v) is 16.7. The molecule has 0 aromatic carbocycles. The standard InChI is InChI=1S/3C32H68N.3BrH/c3*1-5-9-13-17-21-25-29-33(30-26-22-18-14-10-6-2,31-27-23-19-15-11-7-3)32-28-24-20-16-12-8-4;;;/h3*5-32H2,1-4H3;3*1H/q3*+1;;;/p-3. The lowest BCUT2D eigenvalue weighted by Crippen LogP contribution is -3.00. The van der Waals surface area contributed by atoms with Crippen LogP contribution < -0.4 is 50.9 Å². The van der Waals surface area contributed by atoms with Crippen molar-refractivity contribution in [3.63, 3.8) is 0 Å². The molecule has 0 rings (SSSR count). The minimum Gasteiger partial charge on any atom is -1.00 e. The van der Waals surface area contributed by atoms with Crippen LogP contribution in [-0.4, -0.2) is 92.0 Å². The van der Waals surface area contributed by atoms with Crippen LogP contribution >= 0.6 is 0 Å². The highest BCUT2D eigenvalue weighted by atomic mass is 79.9. The Morgan fingerprint density at radius 2 is 0.147 bits per heavy atom. The first kappa shape index (κ1) is 114. The van der Waals surface area contributed by atoms with Crippen LogP contribution in [0.25, 0.3) is 0 Å². The second kappa shape index (κ2) is 98.4. The lowest BCUT2D eigenvalue weighted by Gasteiger charge is -2.40. The average Bonchev–Trinajstić information content (AvgIpc) is 0.894. The second-order valence-electron chi connectivity index (χ2n) is 33.9. The number of nitrogens with zero attached hydrogens (tertiary/aromatic N) is 3. The van der Waals surface area contributed by atoms with E-state index >= 15 is 0 Å². The zero-order valence-electron chi connectivity index (χ0n) is 73.9. The predicted molar refractivity (Wildman–Crippen MR) is 460 cm³/mol. The first-order valence-electron chi connectivity index (χ1n) is 48.3. The van der Waals surface area contributed by atoms with Gasteiger partial charge >= 0.3 is 0 Å². The largest absolute Gasteiger partial charge is 1.00 e. The minimum absolute atomic E-state index is 0. The SMILES string of the molecule is CCCCCCCC[N+](CCCCCCCC)(CCCCCCCC)CCCCCCCC.CCCCCCCC[N+](CCCCCCCC)(CCCCCCCC)CCCCCCCC.CCCCCCCC[N+](CCCCCCCC)(CCCCCCCC)CCCCCCCC.[Br-].[Br-].[Br-]. The van der Waals surface area contributed by atoms with Gasteiger partial charge in [0.05, 0.1) is 78.5 Å². The van der Waals surface area contributed by atoms with Crippen molar-refractivity contribution in [2.45, 2.75) is 545 Å². The van der Waals surface area contributed by atoms with E-state index in [9.17, 15) is 0 Å². The molecule has 0 aromatic heterocycles. The molecule has 0 atom stereocenters. The Balaban J connectivity index is -0.000000334. The van der Waals surface area contributed by atoms with Crippen LogP contribution in [-0.2, 0) is 0 Å². The van der Waals surface area contributed by atoms with Crippen molar-refractivity contribution in [2.24, 2.45) is 0 Å². The number of halogens is 3. The highest BCUT2D eigenvalue weighted by molar-refractivity contribution is 4.60. The molecule has 0 N–H and O–H groups in total. The van der Waals surface area contributed by atoms with Crippen molar-refractivity contribution in [2.75, 3.05) is 78.5 Å². The van der Waals surface area contributed by atoms with E-state index in [0.717, 1.165) is 0 Å². The van der Waals surface area contributed by atoms with Gasteiger partial charge in [-0.1, -0.05) is 391 Å². The van der Waals surface area contributed by atoms with Gasteiger partial charge in [-0.15, -0.1) is 0 Å². The number of unbranched alkanes of at least 4 members (excludes halogenated alkanes) is 60. The Morgan fingerprint density at radius 1 is 0.0882 bits per heavy atom. The van der Waals surface area contributed by atoms with Gasteiger partial charge in [0.1, 0.15) is 0 Å². The van der Waals surface area contributed by atoms with Crippen LogP contribution in [0.5, 0.6) is 0 Å². The van der Waals surface area contributed by atoms with Gasteiger partial charge in [-0.2, -0.15) is 0 Å². The molecule has 0 radical (unpaired) electrons. The fraction of sp³-hybridized carbons (Fsp3) is 1.00. The molecular weight excluding hydrogens is 1430 g/mol. The normalized spacial score (nSPS) is 11.6. The van der Waals surface area contributed by atoms with Gasteiger partial charge in [-0.25, -0.2) is 0 Å². The molecule has 624 valence electrons. The van der Waals surface area contributed by atoms with Gasteiger partial charge in [0.15, 0.2) is 0 Å². The van der Waals surface area contributed by atoms with E-state index in [1.165, 1.54) is 554 Å². The van der Waals surface area contributed by atoms with Crippen LogP contribution in [0.3, 0.4) is 0 Å². The molecule has 0 bridgehead atoms. The summed E-state index contributed by atoms with van der Waals surface area (Å²) in [5, 5.41) is 0. The number of quaternary nitrogens is 3. The van der Waals surface area contributed by atoms with Crippen molar-refractivity contribution in [3.05, 3.63) is 0 Å². The number of hydrogen-bond acceptors (Lipinski definition) is 0. The zero-order chi connectivity index (χ0) is 72.9. The highest BCUT2D eigenvalue weighted by Crippen LogP contribution is 2.25. The molecule has 0 heterocycles. The van der Waals surface area contributed by atoms with Crippen LogP contribution in [0.2, 0.25) is 0 Å². The predicted octanol–water partition coefficient (Wildman–Crippen LogP) is 24.7. The third-order valence-corrected chi connectivity index (χ3v) is 23.8. The fourth-order valence-electron chi connectivity index (χ4n) is 16.7. The summed E-state index contributed by atoms with van der Waals surface area (Å²) in [4.78, 5) is 0. The number of hydrogen-bond donors (Lipinski definition) is 0. The Labute approximate surface area is 683 Å². The molecule has 0 saturated carbocycles. The highest BCUT2D eigenvalue weighted by Gasteiger charge is 2.29. The molecule has 0 spiro atoms. The summed E-state index contributed by atoms with van der Waals surface area (Å²) in [5.41, 5.74) is 0. The van der Waals surface area contributed by atoms with Gasteiger partial charge in [0, 0.05) is 0 Å². The maximum absolute atomic E-state index is 2.34. The van der Waals surface area contributed by atoms with Crippen LogP contribution in [0.1, 0.15) is 545 Å². The lowest BCUT2D eigenvalue weighted by molar-refractivity contribution is -0.929. The molecule has 0 fully saturated rings. The van der Waals surface area contributed by atoms with Crippen molar-refractivity contribution >= 4 is 0 Å². The lowest BCUT2D eigenvalue weighted by atomic mass is 10.0. The summed E-state index contributed by atoms with van der Waals surface area (Å²) in [7, 11) is 0. The monoisotopic (exact) mass is 1640 g/mol. The Hall–Kier alpha value is 1.32. The molecule has 0 amide bonds. The van der Waals surface area contributed by atoms with Gasteiger partial charge in [0.2, 0.25) is 0 Å². The second-order valence-corrected chi connectivity index (χ2v) is 33.9. The quantitative estimate of drug-likeness (QED) is 0.0421. The summed E-state index contributed by atoms with van der Waals surface area (Å²) >= 11 is 0. The van der Waals surface area contributed by atoms with E-state index in [-0.39, 0.29) is 50.9 Å². The molecule has 0 aliphatic heterocycles. The first-order chi connectivity index (χ1) is 48.7. The van der Waals surface area contributed by atoms with Gasteiger partial charge in [-0.05, 0) is 154 Å². The molecular formula is C96H204Br3N3. The third-order valence-electron chi connectivity index (χ3n) is 23.8. The first-order valence-corrected chi connectivity index (χ1v) is 48.3. The summed E-state index contributed by atoms with van der Waals surface area (Å²) in [6, 6.07) is 0. The maximum Gasteiger partial charge on any atom is 0.0786 e. The molecule has 6 heteroatoms. The molecule has 0 aromatic rings. The molecule has 0 saturated heterocycles. The molecule has 102 heavy (non-hydrogen) atoms. The van der Waals surface area contributed by atoms with Crippen LogP contribution in [0.4, 0.5) is 0 Å². The van der Waals surface area contributed by atoms with E-state index in [4.69, 9.17) is 0 Å². The molecule has 0 aliphatic carbocycles. The van der Waals surface area contributed by atoms with Gasteiger partial charge in [-0.3, -0.25) is 0 Å². The van der Waals surface area contributed by atoms with Gasteiger partial charge < -0.3 is 64.4 Å². The minimum atomic E-state index is 0.